The number of nitrogens with zero attached hydrogens (tertiary/aromatic N) is 5. The molecule has 27 heavy (non-hydrogen) atoms. The quantitative estimate of drug-likeness (QED) is 0.798. The number of hydrogen-bond donors (Lipinski definition) is 0. The van der Waals surface area contributed by atoms with Gasteiger partial charge in [0, 0.05) is 18.7 Å². The Hall–Kier alpha value is -2.77. The van der Waals surface area contributed by atoms with E-state index in [0.717, 1.165) is 24.1 Å². The minimum Gasteiger partial charge on any atom is -0.473 e. The Morgan fingerprint density at radius 1 is 1.11 bits per heavy atom. The van der Waals surface area contributed by atoms with Crippen molar-refractivity contribution in [3.05, 3.63) is 30.9 Å². The average Bonchev–Trinajstić information content (AvgIpc) is 2.69. The molecule has 1 fully saturated rings. The van der Waals surface area contributed by atoms with E-state index < -0.39 is 0 Å². The summed E-state index contributed by atoms with van der Waals surface area (Å²) < 4.78 is 11.2. The van der Waals surface area contributed by atoms with E-state index >= 15 is 0 Å². The van der Waals surface area contributed by atoms with Crippen LogP contribution in [-0.2, 0) is 4.74 Å². The van der Waals surface area contributed by atoms with Gasteiger partial charge in [-0.15, -0.1) is 0 Å². The van der Waals surface area contributed by atoms with Gasteiger partial charge in [-0.3, -0.25) is 0 Å². The monoisotopic (exact) mass is 371 g/mol. The number of aromatic nitrogens is 4. The predicted octanol–water partition coefficient (Wildman–Crippen LogP) is 2.96. The van der Waals surface area contributed by atoms with Gasteiger partial charge in [-0.1, -0.05) is 0 Å². The Bertz CT molecular complexity index is 731. The first-order valence-corrected chi connectivity index (χ1v) is 9.24. The summed E-state index contributed by atoms with van der Waals surface area (Å²) in [6.45, 7) is 7.12. The molecule has 1 saturated heterocycles. The van der Waals surface area contributed by atoms with Crippen molar-refractivity contribution in [2.75, 3.05) is 13.1 Å². The first-order valence-electron chi connectivity index (χ1n) is 9.24. The number of carbonyl (C=O) groups excluding carboxylic acids is 1. The third-order valence-corrected chi connectivity index (χ3v) is 4.61. The molecule has 1 aliphatic heterocycles. The molecule has 3 rings (SSSR count). The lowest BCUT2D eigenvalue weighted by molar-refractivity contribution is 0.0485. The molecule has 8 nitrogen and oxygen atoms in total. The normalized spacial score (nSPS) is 16.2. The molecule has 144 valence electrons. The predicted molar refractivity (Wildman–Crippen MR) is 99.1 cm³/mol. The van der Waals surface area contributed by atoms with Gasteiger partial charge in [0.25, 0.3) is 0 Å². The highest BCUT2D eigenvalue weighted by Gasteiger charge is 2.28. The number of carbonyl (C=O) groups is 1. The molecule has 3 heterocycles. The van der Waals surface area contributed by atoms with Crippen LogP contribution in [0.25, 0.3) is 11.3 Å². The van der Waals surface area contributed by atoms with Gasteiger partial charge in [0.1, 0.15) is 6.10 Å². The molecule has 8 heteroatoms. The molecule has 1 amide bonds. The molecule has 0 N–H and O–H groups in total. The van der Waals surface area contributed by atoms with Crippen LogP contribution in [0.4, 0.5) is 4.79 Å². The molecule has 2 aromatic rings. The van der Waals surface area contributed by atoms with Crippen molar-refractivity contribution in [3.8, 4) is 17.1 Å². The fourth-order valence-corrected chi connectivity index (χ4v) is 3.08. The summed E-state index contributed by atoms with van der Waals surface area (Å²) in [6.07, 6.45) is 7.98. The minimum absolute atomic E-state index is 0.00369. The van der Waals surface area contributed by atoms with Crippen molar-refractivity contribution in [2.45, 2.75) is 45.8 Å². The first-order chi connectivity index (χ1) is 13.0. The van der Waals surface area contributed by atoms with E-state index in [0.29, 0.717) is 24.9 Å². The molecule has 1 aliphatic rings. The second kappa shape index (κ2) is 8.75. The SMILES string of the molecule is CC(C)OC(=O)N1CCC([C@H](C)Oc2cnc(-c3ccnnc3)cn2)CC1. The standard InChI is InChI=1S/C19H25N5O3/c1-13(2)26-19(25)24-8-5-15(6-9-24)14(3)27-18-12-20-17(11-21-18)16-4-7-22-23-10-16/h4,7,10-15H,5-6,8-9H2,1-3H3/t14-/m0/s1. The second-order valence-corrected chi connectivity index (χ2v) is 6.95. The summed E-state index contributed by atoms with van der Waals surface area (Å²) in [6, 6.07) is 1.83. The minimum atomic E-state index is -0.232. The van der Waals surface area contributed by atoms with Gasteiger partial charge in [-0.2, -0.15) is 10.2 Å². The summed E-state index contributed by atoms with van der Waals surface area (Å²) in [7, 11) is 0. The number of likely N-dealkylation sites (tertiary alicyclic amines) is 1. The van der Waals surface area contributed by atoms with Gasteiger partial charge in [0.15, 0.2) is 0 Å². The van der Waals surface area contributed by atoms with Crippen molar-refractivity contribution >= 4 is 6.09 Å². The Balaban J connectivity index is 1.51. The zero-order valence-corrected chi connectivity index (χ0v) is 15.9. The van der Waals surface area contributed by atoms with Gasteiger partial charge in [-0.25, -0.2) is 14.8 Å². The molecule has 0 saturated carbocycles. The van der Waals surface area contributed by atoms with Crippen LogP contribution in [0.1, 0.15) is 33.6 Å². The van der Waals surface area contributed by atoms with Gasteiger partial charge in [-0.05, 0) is 45.6 Å². The first kappa shape index (κ1) is 19.0. The third kappa shape index (κ3) is 5.12. The van der Waals surface area contributed by atoms with E-state index in [2.05, 4.69) is 20.2 Å². The highest BCUT2D eigenvalue weighted by molar-refractivity contribution is 5.67. The second-order valence-electron chi connectivity index (χ2n) is 6.95. The maximum absolute atomic E-state index is 12.0. The van der Waals surface area contributed by atoms with Crippen LogP contribution < -0.4 is 4.74 Å². The lowest BCUT2D eigenvalue weighted by Crippen LogP contribution is -2.42. The van der Waals surface area contributed by atoms with Crippen LogP contribution in [-0.4, -0.2) is 56.5 Å². The van der Waals surface area contributed by atoms with Crippen molar-refractivity contribution < 1.29 is 14.3 Å². The molecule has 0 bridgehead atoms. The molecule has 0 aliphatic carbocycles. The average molecular weight is 371 g/mol. The van der Waals surface area contributed by atoms with Gasteiger partial charge in [0.2, 0.25) is 5.88 Å². The van der Waals surface area contributed by atoms with Crippen molar-refractivity contribution in [2.24, 2.45) is 5.92 Å². The number of piperidine rings is 1. The number of ether oxygens (including phenoxy) is 2. The summed E-state index contributed by atoms with van der Waals surface area (Å²) >= 11 is 0. The lowest BCUT2D eigenvalue weighted by Gasteiger charge is -2.34. The van der Waals surface area contributed by atoms with E-state index in [1.807, 2.05) is 26.8 Å². The Labute approximate surface area is 158 Å². The van der Waals surface area contributed by atoms with Gasteiger partial charge in [0.05, 0.1) is 36.6 Å². The fraction of sp³-hybridized carbons (Fsp3) is 0.526. The van der Waals surface area contributed by atoms with Crippen LogP contribution in [0, 0.1) is 5.92 Å². The zero-order chi connectivity index (χ0) is 19.2. The molecular formula is C19H25N5O3. The van der Waals surface area contributed by atoms with Gasteiger partial charge < -0.3 is 14.4 Å². The summed E-state index contributed by atoms with van der Waals surface area (Å²) in [5, 5.41) is 7.60. The zero-order valence-electron chi connectivity index (χ0n) is 15.9. The highest BCUT2D eigenvalue weighted by atomic mass is 16.6. The number of amides is 1. The molecule has 0 unspecified atom stereocenters. The van der Waals surface area contributed by atoms with Crippen molar-refractivity contribution in [3.63, 3.8) is 0 Å². The van der Waals surface area contributed by atoms with E-state index in [4.69, 9.17) is 9.47 Å². The largest absolute Gasteiger partial charge is 0.473 e. The van der Waals surface area contributed by atoms with Crippen molar-refractivity contribution in [1.29, 1.82) is 0 Å². The highest BCUT2D eigenvalue weighted by Crippen LogP contribution is 2.24. The van der Waals surface area contributed by atoms with Crippen LogP contribution in [0.15, 0.2) is 30.9 Å². The Morgan fingerprint density at radius 3 is 2.48 bits per heavy atom. The van der Waals surface area contributed by atoms with Crippen LogP contribution in [0.5, 0.6) is 5.88 Å². The molecule has 0 radical (unpaired) electrons. The molecule has 1 atom stereocenters. The van der Waals surface area contributed by atoms with E-state index in [1.165, 1.54) is 0 Å². The van der Waals surface area contributed by atoms with Crippen LogP contribution in [0.2, 0.25) is 0 Å². The summed E-state index contributed by atoms with van der Waals surface area (Å²) in [5.74, 6) is 0.855. The lowest BCUT2D eigenvalue weighted by atomic mass is 9.92. The molecular weight excluding hydrogens is 346 g/mol. The van der Waals surface area contributed by atoms with E-state index in [9.17, 15) is 4.79 Å². The molecule has 0 spiro atoms. The molecule has 2 aromatic heterocycles. The van der Waals surface area contributed by atoms with Crippen LogP contribution >= 0.6 is 0 Å². The fourth-order valence-electron chi connectivity index (χ4n) is 3.08. The molecule has 0 aromatic carbocycles. The third-order valence-electron chi connectivity index (χ3n) is 4.61. The maximum Gasteiger partial charge on any atom is 0.410 e. The number of hydrogen-bond acceptors (Lipinski definition) is 7. The van der Waals surface area contributed by atoms with E-state index in [-0.39, 0.29) is 18.3 Å². The topological polar surface area (TPSA) is 90.3 Å². The Morgan fingerprint density at radius 2 is 1.89 bits per heavy atom. The maximum atomic E-state index is 12.0. The Kier molecular flexibility index (Phi) is 6.16. The summed E-state index contributed by atoms with van der Waals surface area (Å²) in [4.78, 5) is 22.5. The smallest absolute Gasteiger partial charge is 0.410 e. The summed E-state index contributed by atoms with van der Waals surface area (Å²) in [5.41, 5.74) is 1.58. The van der Waals surface area contributed by atoms with Crippen molar-refractivity contribution in [1.82, 2.24) is 25.1 Å². The number of rotatable bonds is 5. The van der Waals surface area contributed by atoms with Gasteiger partial charge >= 0.3 is 6.09 Å². The van der Waals surface area contributed by atoms with Crippen LogP contribution in [0.3, 0.4) is 0 Å². The van der Waals surface area contributed by atoms with E-state index in [1.54, 1.807) is 29.7 Å².